The van der Waals surface area contributed by atoms with Crippen molar-refractivity contribution in [3.8, 4) is 11.1 Å². The Hall–Kier alpha value is -7.16. The largest absolute Gasteiger partial charge is 0.452 e. The first-order valence-corrected chi connectivity index (χ1v) is 18.1. The maximum atomic E-state index is 6.58. The average molecular weight is 691 g/mol. The fraction of sp³-hybridized carbons (Fsp3) is 0. The molecule has 2 heteroatoms. The highest BCUT2D eigenvalue weighted by Crippen LogP contribution is 2.46. The molecular formula is C52H34O2. The van der Waals surface area contributed by atoms with Crippen LogP contribution in [0.4, 0.5) is 0 Å². The summed E-state index contributed by atoms with van der Waals surface area (Å²) >= 11 is 0. The molecule has 0 fully saturated rings. The summed E-state index contributed by atoms with van der Waals surface area (Å²) < 4.78 is 13.0. The molecule has 0 aliphatic carbocycles. The van der Waals surface area contributed by atoms with Gasteiger partial charge in [0.25, 0.3) is 0 Å². The molecule has 10 aromatic rings. The number of furan rings is 2. The van der Waals surface area contributed by atoms with Gasteiger partial charge in [0.15, 0.2) is 11.2 Å². The third-order valence-electron chi connectivity index (χ3n) is 10.9. The van der Waals surface area contributed by atoms with Gasteiger partial charge in [-0.3, -0.25) is 0 Å². The topological polar surface area (TPSA) is 26.3 Å². The van der Waals surface area contributed by atoms with Crippen molar-refractivity contribution in [1.29, 1.82) is 0 Å². The van der Waals surface area contributed by atoms with Gasteiger partial charge in [0.05, 0.1) is 0 Å². The first kappa shape index (κ1) is 31.6. The van der Waals surface area contributed by atoms with Crippen molar-refractivity contribution in [2.75, 3.05) is 0 Å². The fourth-order valence-corrected chi connectivity index (χ4v) is 8.47. The molecule has 54 heavy (non-hydrogen) atoms. The van der Waals surface area contributed by atoms with E-state index in [0.29, 0.717) is 0 Å². The highest BCUT2D eigenvalue weighted by molar-refractivity contribution is 6.33. The van der Waals surface area contributed by atoms with Crippen LogP contribution in [0, 0.1) is 0 Å². The normalized spacial score (nSPS) is 11.9. The van der Waals surface area contributed by atoms with Crippen LogP contribution >= 0.6 is 0 Å². The van der Waals surface area contributed by atoms with Crippen LogP contribution < -0.4 is 0 Å². The van der Waals surface area contributed by atoms with Gasteiger partial charge in [-0.1, -0.05) is 166 Å². The summed E-state index contributed by atoms with van der Waals surface area (Å²) in [5.74, 6) is 0. The molecule has 0 saturated carbocycles. The Balaban J connectivity index is 1.10. The van der Waals surface area contributed by atoms with Crippen LogP contribution in [0.25, 0.3) is 111 Å². The zero-order valence-corrected chi connectivity index (χ0v) is 29.7. The molecule has 10 rings (SSSR count). The maximum Gasteiger partial charge on any atom is 0.179 e. The van der Waals surface area contributed by atoms with Crippen LogP contribution in [0.15, 0.2) is 181 Å². The second kappa shape index (κ2) is 12.2. The van der Waals surface area contributed by atoms with Gasteiger partial charge in [0.1, 0.15) is 11.2 Å². The van der Waals surface area contributed by atoms with Crippen molar-refractivity contribution in [2.24, 2.45) is 0 Å². The standard InChI is InChI=1S/C52H34O2/c1-5-33-16-15-24-36(35(33)6-2)48-39-19-9-7-17-37(39)47(38-18-8-10-20-40(38)48)32(4)27-26-31(3)34-28-29-46-44(30-34)50-42-22-12-11-21-41(42)49-43-23-13-14-25-45(43)53-51(49)52(50)54-46/h5-30H,1-4H2/b27-26-. The Bertz CT molecular complexity index is 3230. The third kappa shape index (κ3) is 4.60. The summed E-state index contributed by atoms with van der Waals surface area (Å²) in [7, 11) is 0. The number of rotatable bonds is 7. The van der Waals surface area contributed by atoms with Crippen molar-refractivity contribution >= 4 is 99.5 Å². The Morgan fingerprint density at radius 1 is 0.463 bits per heavy atom. The molecule has 0 atom stereocenters. The number of fused-ring (bicyclic) bond motifs is 12. The predicted octanol–water partition coefficient (Wildman–Crippen LogP) is 15.2. The molecule has 0 saturated heterocycles. The van der Waals surface area contributed by atoms with Crippen molar-refractivity contribution in [3.05, 3.63) is 194 Å². The summed E-state index contributed by atoms with van der Waals surface area (Å²) in [4.78, 5) is 0. The highest BCUT2D eigenvalue weighted by Gasteiger charge is 2.22. The minimum absolute atomic E-state index is 0.764. The molecule has 254 valence electrons. The van der Waals surface area contributed by atoms with Crippen molar-refractivity contribution in [2.45, 2.75) is 0 Å². The van der Waals surface area contributed by atoms with Gasteiger partial charge in [0.2, 0.25) is 0 Å². The fourth-order valence-electron chi connectivity index (χ4n) is 8.47. The van der Waals surface area contributed by atoms with E-state index in [9.17, 15) is 0 Å². The molecule has 2 aromatic heterocycles. The summed E-state index contributed by atoms with van der Waals surface area (Å²) in [6, 6.07) is 46.6. The van der Waals surface area contributed by atoms with E-state index in [4.69, 9.17) is 8.83 Å². The van der Waals surface area contributed by atoms with Crippen LogP contribution in [0.1, 0.15) is 22.3 Å². The summed E-state index contributed by atoms with van der Waals surface area (Å²) in [6.07, 6.45) is 7.99. The minimum Gasteiger partial charge on any atom is -0.452 e. The summed E-state index contributed by atoms with van der Waals surface area (Å²) in [6.45, 7) is 17.4. The van der Waals surface area contributed by atoms with Crippen LogP contribution in [0.3, 0.4) is 0 Å². The Morgan fingerprint density at radius 3 is 1.63 bits per heavy atom. The van der Waals surface area contributed by atoms with E-state index < -0.39 is 0 Å². The van der Waals surface area contributed by atoms with Gasteiger partial charge < -0.3 is 8.83 Å². The lowest BCUT2D eigenvalue weighted by Gasteiger charge is -2.19. The van der Waals surface area contributed by atoms with Crippen molar-refractivity contribution < 1.29 is 8.83 Å². The van der Waals surface area contributed by atoms with Gasteiger partial charge in [-0.15, -0.1) is 0 Å². The van der Waals surface area contributed by atoms with Gasteiger partial charge >= 0.3 is 0 Å². The lowest BCUT2D eigenvalue weighted by Crippen LogP contribution is -1.94. The molecule has 2 heterocycles. The van der Waals surface area contributed by atoms with Crippen LogP contribution in [-0.2, 0) is 0 Å². The number of hydrogen-bond acceptors (Lipinski definition) is 2. The molecule has 8 aromatic carbocycles. The smallest absolute Gasteiger partial charge is 0.179 e. The first-order valence-electron chi connectivity index (χ1n) is 18.1. The Labute approximate surface area is 312 Å². The van der Waals surface area contributed by atoms with E-state index in [2.05, 4.69) is 154 Å². The van der Waals surface area contributed by atoms with Crippen molar-refractivity contribution in [3.63, 3.8) is 0 Å². The molecule has 0 N–H and O–H groups in total. The number of para-hydroxylation sites is 1. The molecule has 0 radical (unpaired) electrons. The number of allylic oxidation sites excluding steroid dienone is 4. The lowest BCUT2D eigenvalue weighted by atomic mass is 9.84. The molecule has 2 nitrogen and oxygen atoms in total. The highest BCUT2D eigenvalue weighted by atomic mass is 16.4. The lowest BCUT2D eigenvalue weighted by molar-refractivity contribution is 0.633. The Morgan fingerprint density at radius 2 is 1.00 bits per heavy atom. The summed E-state index contributed by atoms with van der Waals surface area (Å²) in [5.41, 5.74) is 11.5. The van der Waals surface area contributed by atoms with E-state index in [0.717, 1.165) is 115 Å². The average Bonchev–Trinajstić information content (AvgIpc) is 3.81. The van der Waals surface area contributed by atoms with E-state index in [1.54, 1.807) is 0 Å². The maximum absolute atomic E-state index is 6.58. The molecule has 0 amide bonds. The molecular weight excluding hydrogens is 657 g/mol. The van der Waals surface area contributed by atoms with Crippen LogP contribution in [0.2, 0.25) is 0 Å². The zero-order chi connectivity index (χ0) is 36.5. The first-order chi connectivity index (χ1) is 26.6. The zero-order valence-electron chi connectivity index (χ0n) is 29.7. The van der Waals surface area contributed by atoms with Crippen LogP contribution in [-0.4, -0.2) is 0 Å². The molecule has 0 aliphatic heterocycles. The Kier molecular flexibility index (Phi) is 7.14. The number of benzene rings is 8. The van der Waals surface area contributed by atoms with Gasteiger partial charge in [-0.25, -0.2) is 0 Å². The summed E-state index contributed by atoms with van der Waals surface area (Å²) in [5, 5.41) is 11.1. The SMILES string of the molecule is C=Cc1cccc(-c2c3ccccc3c(C(=C)/C=C\C(=C)c3ccc4oc5c6oc7ccccc7c6c6ccccc6c5c4c3)c3ccccc23)c1C=C. The molecule has 0 spiro atoms. The van der Waals surface area contributed by atoms with E-state index in [-0.39, 0.29) is 0 Å². The van der Waals surface area contributed by atoms with E-state index in [1.165, 1.54) is 5.56 Å². The van der Waals surface area contributed by atoms with Gasteiger partial charge in [0, 0.05) is 21.5 Å². The quantitative estimate of drug-likeness (QED) is 0.123. The second-order valence-electron chi connectivity index (χ2n) is 13.8. The second-order valence-corrected chi connectivity index (χ2v) is 13.8. The third-order valence-corrected chi connectivity index (χ3v) is 10.9. The van der Waals surface area contributed by atoms with Crippen molar-refractivity contribution in [1.82, 2.24) is 0 Å². The van der Waals surface area contributed by atoms with Crippen LogP contribution in [0.5, 0.6) is 0 Å². The minimum atomic E-state index is 0.764. The van der Waals surface area contributed by atoms with Gasteiger partial charge in [-0.2, -0.15) is 0 Å². The van der Waals surface area contributed by atoms with E-state index in [1.807, 2.05) is 30.4 Å². The molecule has 0 bridgehead atoms. The molecule has 0 aliphatic rings. The monoisotopic (exact) mass is 690 g/mol. The predicted molar refractivity (Wildman–Crippen MR) is 233 cm³/mol. The molecule has 0 unspecified atom stereocenters. The number of hydrogen-bond donors (Lipinski definition) is 0. The van der Waals surface area contributed by atoms with Gasteiger partial charge in [-0.05, 0) is 95.0 Å². The van der Waals surface area contributed by atoms with E-state index >= 15 is 0 Å².